The van der Waals surface area contributed by atoms with Crippen LogP contribution in [0.5, 0.6) is 0 Å². The molecule has 3 rings (SSSR count). The van der Waals surface area contributed by atoms with Gasteiger partial charge in [0, 0.05) is 13.0 Å². The first-order valence-corrected chi connectivity index (χ1v) is 5.89. The van der Waals surface area contributed by atoms with Crippen LogP contribution >= 0.6 is 15.9 Å². The predicted molar refractivity (Wildman–Crippen MR) is 59.8 cm³/mol. The molecule has 1 unspecified atom stereocenters. The molecular weight excluding hydrogens is 274 g/mol. The van der Waals surface area contributed by atoms with Gasteiger partial charge >= 0.3 is 0 Å². The van der Waals surface area contributed by atoms with Crippen molar-refractivity contribution >= 4 is 15.9 Å². The maximum Gasteiger partial charge on any atom is 0.217 e. The molecule has 0 bridgehead atoms. The molecule has 0 saturated heterocycles. The number of hydrogen-bond donors (Lipinski definition) is 1. The van der Waals surface area contributed by atoms with Gasteiger partial charge in [-0.2, -0.15) is 0 Å². The van der Waals surface area contributed by atoms with Crippen LogP contribution in [-0.2, 0) is 13.0 Å². The van der Waals surface area contributed by atoms with E-state index in [1.165, 1.54) is 0 Å². The maximum absolute atomic E-state index is 9.53. The van der Waals surface area contributed by atoms with Gasteiger partial charge in [-0.3, -0.25) is 0 Å². The Morgan fingerprint density at radius 2 is 2.38 bits per heavy atom. The van der Waals surface area contributed by atoms with Gasteiger partial charge < -0.3 is 9.52 Å². The van der Waals surface area contributed by atoms with Crippen LogP contribution in [0.15, 0.2) is 21.2 Å². The third kappa shape index (κ3) is 1.68. The number of aromatic nitrogens is 3. The Morgan fingerprint density at radius 1 is 1.50 bits per heavy atom. The lowest BCUT2D eigenvalue weighted by Gasteiger charge is -2.16. The van der Waals surface area contributed by atoms with Crippen molar-refractivity contribution in [3.05, 3.63) is 22.6 Å². The Bertz CT molecular complexity index is 520. The SMILES string of the molecule is OC1CCn2nc(-c3ccc(Br)o3)nc2C1. The monoisotopic (exact) mass is 283 g/mol. The summed E-state index contributed by atoms with van der Waals surface area (Å²) in [6, 6.07) is 3.63. The van der Waals surface area contributed by atoms with Gasteiger partial charge in [0.1, 0.15) is 5.82 Å². The van der Waals surface area contributed by atoms with Crippen molar-refractivity contribution < 1.29 is 9.52 Å². The highest BCUT2D eigenvalue weighted by atomic mass is 79.9. The number of furan rings is 1. The van der Waals surface area contributed by atoms with E-state index in [9.17, 15) is 5.11 Å². The van der Waals surface area contributed by atoms with Gasteiger partial charge in [-0.05, 0) is 34.5 Å². The second-order valence-corrected chi connectivity index (χ2v) is 4.61. The van der Waals surface area contributed by atoms with Crippen LogP contribution in [-0.4, -0.2) is 26.0 Å². The number of nitrogens with zero attached hydrogens (tertiary/aromatic N) is 3. The Morgan fingerprint density at radius 3 is 3.12 bits per heavy atom. The third-order valence-electron chi connectivity index (χ3n) is 2.63. The van der Waals surface area contributed by atoms with Gasteiger partial charge in [0.2, 0.25) is 5.82 Å². The van der Waals surface area contributed by atoms with Crippen molar-refractivity contribution in [2.24, 2.45) is 0 Å². The molecule has 1 atom stereocenters. The first-order chi connectivity index (χ1) is 7.72. The molecule has 84 valence electrons. The average Bonchev–Trinajstić information content (AvgIpc) is 2.83. The van der Waals surface area contributed by atoms with Crippen LogP contribution in [0.3, 0.4) is 0 Å². The summed E-state index contributed by atoms with van der Waals surface area (Å²) in [5.74, 6) is 2.04. The molecule has 1 N–H and O–H groups in total. The van der Waals surface area contributed by atoms with Crippen molar-refractivity contribution in [3.63, 3.8) is 0 Å². The highest BCUT2D eigenvalue weighted by Gasteiger charge is 2.21. The zero-order valence-corrected chi connectivity index (χ0v) is 10.0. The predicted octanol–water partition coefficient (Wildman–Crippen LogP) is 1.61. The normalized spacial score (nSPS) is 19.8. The van der Waals surface area contributed by atoms with Crippen molar-refractivity contribution in [2.45, 2.75) is 25.5 Å². The second kappa shape index (κ2) is 3.71. The van der Waals surface area contributed by atoms with Crippen LogP contribution in [0.1, 0.15) is 12.2 Å². The highest BCUT2D eigenvalue weighted by Crippen LogP contribution is 2.24. The lowest BCUT2D eigenvalue weighted by atomic mass is 10.1. The largest absolute Gasteiger partial charge is 0.446 e. The minimum Gasteiger partial charge on any atom is -0.446 e. The average molecular weight is 284 g/mol. The molecule has 0 fully saturated rings. The van der Waals surface area contributed by atoms with Gasteiger partial charge in [0.25, 0.3) is 0 Å². The van der Waals surface area contributed by atoms with Gasteiger partial charge in [-0.15, -0.1) is 5.10 Å². The van der Waals surface area contributed by atoms with Crippen LogP contribution < -0.4 is 0 Å². The van der Waals surface area contributed by atoms with Gasteiger partial charge in [0.05, 0.1) is 6.10 Å². The number of hydrogen-bond acceptors (Lipinski definition) is 4. The van der Waals surface area contributed by atoms with E-state index in [0.29, 0.717) is 29.2 Å². The number of halogens is 1. The quantitative estimate of drug-likeness (QED) is 0.864. The minimum atomic E-state index is -0.298. The fraction of sp³-hybridized carbons (Fsp3) is 0.400. The molecular formula is C10H10BrN3O2. The summed E-state index contributed by atoms with van der Waals surface area (Å²) in [5.41, 5.74) is 0. The lowest BCUT2D eigenvalue weighted by Crippen LogP contribution is -2.23. The molecule has 0 spiro atoms. The van der Waals surface area contributed by atoms with E-state index in [-0.39, 0.29) is 6.10 Å². The highest BCUT2D eigenvalue weighted by molar-refractivity contribution is 9.10. The summed E-state index contributed by atoms with van der Waals surface area (Å²) >= 11 is 3.24. The molecule has 0 aliphatic carbocycles. The van der Waals surface area contributed by atoms with Crippen LogP contribution in [0.25, 0.3) is 11.6 Å². The van der Waals surface area contributed by atoms with Crippen LogP contribution in [0.2, 0.25) is 0 Å². The Balaban J connectivity index is 1.98. The second-order valence-electron chi connectivity index (χ2n) is 3.83. The molecule has 1 aliphatic rings. The van der Waals surface area contributed by atoms with Gasteiger partial charge in [0.15, 0.2) is 10.4 Å². The summed E-state index contributed by atoms with van der Waals surface area (Å²) < 4.78 is 7.88. The van der Waals surface area contributed by atoms with Crippen molar-refractivity contribution in [2.75, 3.05) is 0 Å². The summed E-state index contributed by atoms with van der Waals surface area (Å²) in [5, 5.41) is 13.9. The molecule has 0 saturated carbocycles. The third-order valence-corrected chi connectivity index (χ3v) is 3.06. The molecule has 5 nitrogen and oxygen atoms in total. The number of aliphatic hydroxyl groups is 1. The molecule has 0 amide bonds. The fourth-order valence-electron chi connectivity index (χ4n) is 1.83. The topological polar surface area (TPSA) is 64.1 Å². The molecule has 16 heavy (non-hydrogen) atoms. The van der Waals surface area contributed by atoms with Crippen molar-refractivity contribution in [3.8, 4) is 11.6 Å². The molecule has 2 aromatic rings. The number of aryl methyl sites for hydroxylation is 1. The maximum atomic E-state index is 9.53. The lowest BCUT2D eigenvalue weighted by molar-refractivity contribution is 0.138. The molecule has 6 heteroatoms. The van der Waals surface area contributed by atoms with E-state index in [0.717, 1.165) is 12.2 Å². The van der Waals surface area contributed by atoms with Gasteiger partial charge in [-0.1, -0.05) is 0 Å². The number of aliphatic hydroxyl groups excluding tert-OH is 1. The van der Waals surface area contributed by atoms with E-state index in [4.69, 9.17) is 4.42 Å². The molecule has 2 aromatic heterocycles. The number of rotatable bonds is 1. The van der Waals surface area contributed by atoms with Crippen molar-refractivity contribution in [1.29, 1.82) is 0 Å². The first kappa shape index (κ1) is 10.0. The Labute approximate surface area is 100 Å². The summed E-state index contributed by atoms with van der Waals surface area (Å²) in [7, 11) is 0. The standard InChI is InChI=1S/C10H10BrN3O2/c11-8-2-1-7(16-8)10-12-9-5-6(15)3-4-14(9)13-10/h1-2,6,15H,3-5H2. The molecule has 0 radical (unpaired) electrons. The van der Waals surface area contributed by atoms with E-state index in [1.54, 1.807) is 0 Å². The van der Waals surface area contributed by atoms with Crippen LogP contribution in [0, 0.1) is 0 Å². The molecule has 3 heterocycles. The number of fused-ring (bicyclic) bond motifs is 1. The zero-order valence-electron chi connectivity index (χ0n) is 8.43. The first-order valence-electron chi connectivity index (χ1n) is 5.10. The van der Waals surface area contributed by atoms with Crippen molar-refractivity contribution in [1.82, 2.24) is 14.8 Å². The Kier molecular flexibility index (Phi) is 2.33. The molecule has 1 aliphatic heterocycles. The molecule has 0 aromatic carbocycles. The minimum absolute atomic E-state index is 0.298. The fourth-order valence-corrected chi connectivity index (χ4v) is 2.13. The van der Waals surface area contributed by atoms with E-state index in [2.05, 4.69) is 26.0 Å². The van der Waals surface area contributed by atoms with Gasteiger partial charge in [-0.25, -0.2) is 9.67 Å². The summed E-state index contributed by atoms with van der Waals surface area (Å²) in [6.07, 6.45) is 1.000. The summed E-state index contributed by atoms with van der Waals surface area (Å²) in [4.78, 5) is 4.36. The van der Waals surface area contributed by atoms with E-state index in [1.807, 2.05) is 16.8 Å². The van der Waals surface area contributed by atoms with E-state index >= 15 is 0 Å². The summed E-state index contributed by atoms with van der Waals surface area (Å²) in [6.45, 7) is 0.714. The smallest absolute Gasteiger partial charge is 0.217 e. The Hall–Kier alpha value is -1.14. The zero-order chi connectivity index (χ0) is 11.1. The van der Waals surface area contributed by atoms with Crippen LogP contribution in [0.4, 0.5) is 0 Å². The van der Waals surface area contributed by atoms with E-state index < -0.39 is 0 Å².